The molecule has 10 heteroatoms. The maximum Gasteiger partial charge on any atom is 0.330 e. The van der Waals surface area contributed by atoms with Crippen LogP contribution in [0, 0.1) is 11.8 Å². The largest absolute Gasteiger partial charge is 0.369 e. The molecule has 0 aliphatic carbocycles. The van der Waals surface area contributed by atoms with Gasteiger partial charge in [0, 0.05) is 25.3 Å². The van der Waals surface area contributed by atoms with Crippen LogP contribution < -0.4 is 22.3 Å². The summed E-state index contributed by atoms with van der Waals surface area (Å²) in [6.07, 6.45) is 2.46. The predicted molar refractivity (Wildman–Crippen MR) is 131 cm³/mol. The number of fused-ring (bicyclic) bond motifs is 1. The lowest BCUT2D eigenvalue weighted by Gasteiger charge is -2.31. The normalized spacial score (nSPS) is 16.9. The third kappa shape index (κ3) is 5.91. The van der Waals surface area contributed by atoms with Gasteiger partial charge in [0.25, 0.3) is 11.5 Å². The molecular formula is C24H36N6O4. The topological polar surface area (TPSA) is 143 Å². The van der Waals surface area contributed by atoms with Gasteiger partial charge in [-0.2, -0.15) is 0 Å². The third-order valence-corrected chi connectivity index (χ3v) is 6.20. The molecule has 1 unspecified atom stereocenters. The van der Waals surface area contributed by atoms with E-state index in [2.05, 4.69) is 20.2 Å². The third-order valence-electron chi connectivity index (χ3n) is 6.20. The van der Waals surface area contributed by atoms with E-state index in [0.717, 1.165) is 25.9 Å². The molecule has 0 spiro atoms. The number of nitrogens with zero attached hydrogens (tertiary/aromatic N) is 3. The molecule has 34 heavy (non-hydrogen) atoms. The number of pyridine rings is 1. The number of piperidine rings is 1. The van der Waals surface area contributed by atoms with Crippen molar-refractivity contribution in [3.63, 3.8) is 0 Å². The summed E-state index contributed by atoms with van der Waals surface area (Å²) in [6, 6.07) is 1.64. The highest BCUT2D eigenvalue weighted by Crippen LogP contribution is 2.20. The molecule has 0 aromatic carbocycles. The number of primary amides is 1. The van der Waals surface area contributed by atoms with Gasteiger partial charge in [-0.15, -0.1) is 0 Å². The van der Waals surface area contributed by atoms with Crippen LogP contribution in [0.25, 0.3) is 11.0 Å². The zero-order chi connectivity index (χ0) is 25.0. The van der Waals surface area contributed by atoms with E-state index >= 15 is 0 Å². The lowest BCUT2D eigenvalue weighted by atomic mass is 9.97. The highest BCUT2D eigenvalue weighted by Gasteiger charge is 2.24. The number of carbonyl (C=O) groups excluding carboxylic acids is 2. The molecule has 1 aliphatic heterocycles. The van der Waals surface area contributed by atoms with Gasteiger partial charge in [-0.05, 0) is 50.3 Å². The second kappa shape index (κ2) is 10.9. The Hall–Kier alpha value is -3.01. The molecule has 0 saturated carbocycles. The summed E-state index contributed by atoms with van der Waals surface area (Å²) in [7, 11) is 0. The number of hydrogen-bond donors (Lipinski definition) is 3. The van der Waals surface area contributed by atoms with Crippen LogP contribution in [0.5, 0.6) is 0 Å². The van der Waals surface area contributed by atoms with E-state index in [1.54, 1.807) is 6.07 Å². The van der Waals surface area contributed by atoms with E-state index in [-0.39, 0.29) is 46.2 Å². The number of nitrogens with one attached hydrogen (secondary N) is 2. The molecule has 3 heterocycles. The fourth-order valence-corrected chi connectivity index (χ4v) is 4.39. The monoisotopic (exact) mass is 472 g/mol. The number of aromatic nitrogens is 3. The quantitative estimate of drug-likeness (QED) is 0.468. The minimum Gasteiger partial charge on any atom is -0.369 e. The van der Waals surface area contributed by atoms with Crippen molar-refractivity contribution in [3.05, 3.63) is 38.2 Å². The molecule has 1 saturated heterocycles. The van der Waals surface area contributed by atoms with Gasteiger partial charge in [-0.1, -0.05) is 27.7 Å². The maximum absolute atomic E-state index is 13.1. The summed E-state index contributed by atoms with van der Waals surface area (Å²) < 4.78 is 1.44. The van der Waals surface area contributed by atoms with Gasteiger partial charge in [0.1, 0.15) is 0 Å². The van der Waals surface area contributed by atoms with Gasteiger partial charge in [0.05, 0.1) is 16.9 Å². The molecule has 2 amide bonds. The van der Waals surface area contributed by atoms with Crippen molar-refractivity contribution >= 4 is 22.8 Å². The summed E-state index contributed by atoms with van der Waals surface area (Å²) in [4.78, 5) is 59.0. The Labute approximate surface area is 198 Å². The SMILES string of the molecule is CC(C)Cn1c(=O)[nH]c(=O)c2c(C(=O)NCCCN3CCCC(C(N)=O)C3)cc(C(C)C)nc21. The number of hydrogen-bond acceptors (Lipinski definition) is 6. The first kappa shape index (κ1) is 25.6. The van der Waals surface area contributed by atoms with Crippen molar-refractivity contribution < 1.29 is 9.59 Å². The Morgan fingerprint density at radius 3 is 2.65 bits per heavy atom. The van der Waals surface area contributed by atoms with Gasteiger partial charge in [0.2, 0.25) is 5.91 Å². The minimum atomic E-state index is -0.612. The predicted octanol–water partition coefficient (Wildman–Crippen LogP) is 1.18. The summed E-state index contributed by atoms with van der Waals surface area (Å²) >= 11 is 0. The first-order chi connectivity index (χ1) is 16.1. The molecule has 3 rings (SSSR count). The highest BCUT2D eigenvalue weighted by molar-refractivity contribution is 6.05. The van der Waals surface area contributed by atoms with Crippen molar-refractivity contribution in [2.24, 2.45) is 17.6 Å². The van der Waals surface area contributed by atoms with E-state index in [1.807, 2.05) is 27.7 Å². The first-order valence-corrected chi connectivity index (χ1v) is 12.1. The minimum absolute atomic E-state index is 0.00939. The Morgan fingerprint density at radius 2 is 2.00 bits per heavy atom. The Bertz CT molecular complexity index is 1170. The zero-order valence-electron chi connectivity index (χ0n) is 20.5. The van der Waals surface area contributed by atoms with Gasteiger partial charge in [0.15, 0.2) is 5.65 Å². The number of rotatable bonds is 9. The van der Waals surface area contributed by atoms with Crippen LogP contribution in [0.3, 0.4) is 0 Å². The summed E-state index contributed by atoms with van der Waals surface area (Å²) in [5.41, 5.74) is 5.42. The molecule has 2 aromatic rings. The molecule has 10 nitrogen and oxygen atoms in total. The Balaban J connectivity index is 1.81. The van der Waals surface area contributed by atoms with Crippen LogP contribution in [0.1, 0.15) is 68.9 Å². The average molecular weight is 473 g/mol. The molecule has 0 bridgehead atoms. The molecule has 2 aromatic heterocycles. The Kier molecular flexibility index (Phi) is 8.24. The number of aromatic amines is 1. The average Bonchev–Trinajstić information content (AvgIpc) is 2.78. The molecule has 4 N–H and O–H groups in total. The second-order valence-electron chi connectivity index (χ2n) is 9.86. The van der Waals surface area contributed by atoms with Crippen molar-refractivity contribution in [3.8, 4) is 0 Å². The van der Waals surface area contributed by atoms with Crippen LogP contribution >= 0.6 is 0 Å². The van der Waals surface area contributed by atoms with E-state index < -0.39 is 11.2 Å². The van der Waals surface area contributed by atoms with Crippen LogP contribution in [0.4, 0.5) is 0 Å². The fourth-order valence-electron chi connectivity index (χ4n) is 4.39. The molecular weight excluding hydrogens is 436 g/mol. The summed E-state index contributed by atoms with van der Waals surface area (Å²) in [6.45, 7) is 10.9. The van der Waals surface area contributed by atoms with Crippen molar-refractivity contribution in [2.45, 2.75) is 59.4 Å². The van der Waals surface area contributed by atoms with Crippen LogP contribution in [0.2, 0.25) is 0 Å². The molecule has 0 radical (unpaired) electrons. The highest BCUT2D eigenvalue weighted by atomic mass is 16.2. The van der Waals surface area contributed by atoms with Gasteiger partial charge < -0.3 is 16.0 Å². The summed E-state index contributed by atoms with van der Waals surface area (Å²) in [5.74, 6) is -0.586. The summed E-state index contributed by atoms with van der Waals surface area (Å²) in [5, 5.41) is 3.04. The molecule has 1 aliphatic rings. The van der Waals surface area contributed by atoms with Crippen LogP contribution in [-0.2, 0) is 11.3 Å². The number of carbonyl (C=O) groups is 2. The van der Waals surface area contributed by atoms with E-state index in [4.69, 9.17) is 5.73 Å². The standard InChI is InChI=1S/C24H36N6O4/c1-14(2)12-30-21-19(23(33)28-24(30)34)17(11-18(27-21)15(3)4)22(32)26-8-6-10-29-9-5-7-16(13-29)20(25)31/h11,14-16H,5-10,12-13H2,1-4H3,(H2,25,31)(H,26,32)(H,28,33,34). The lowest BCUT2D eigenvalue weighted by molar-refractivity contribution is -0.123. The second-order valence-corrected chi connectivity index (χ2v) is 9.86. The lowest BCUT2D eigenvalue weighted by Crippen LogP contribution is -2.42. The van der Waals surface area contributed by atoms with Gasteiger partial charge in [-0.25, -0.2) is 9.78 Å². The van der Waals surface area contributed by atoms with Crippen LogP contribution in [0.15, 0.2) is 15.7 Å². The van der Waals surface area contributed by atoms with Gasteiger partial charge >= 0.3 is 5.69 Å². The number of nitrogens with two attached hydrogens (primary N) is 1. The van der Waals surface area contributed by atoms with E-state index in [1.165, 1.54) is 4.57 Å². The number of amides is 2. The number of H-pyrrole nitrogens is 1. The maximum atomic E-state index is 13.1. The van der Waals surface area contributed by atoms with Crippen molar-refractivity contribution in [1.29, 1.82) is 0 Å². The molecule has 1 fully saturated rings. The zero-order valence-corrected chi connectivity index (χ0v) is 20.5. The van der Waals surface area contributed by atoms with E-state index in [0.29, 0.717) is 31.7 Å². The van der Waals surface area contributed by atoms with Crippen LogP contribution in [-0.4, -0.2) is 57.4 Å². The first-order valence-electron chi connectivity index (χ1n) is 12.1. The Morgan fingerprint density at radius 1 is 1.26 bits per heavy atom. The molecule has 1 atom stereocenters. The van der Waals surface area contributed by atoms with Gasteiger partial charge in [-0.3, -0.25) is 23.9 Å². The van der Waals surface area contributed by atoms with Crippen molar-refractivity contribution in [1.82, 2.24) is 24.8 Å². The smallest absolute Gasteiger partial charge is 0.330 e. The number of likely N-dealkylation sites (tertiary alicyclic amines) is 1. The fraction of sp³-hybridized carbons (Fsp3) is 0.625. The van der Waals surface area contributed by atoms with Crippen molar-refractivity contribution in [2.75, 3.05) is 26.2 Å². The molecule has 186 valence electrons. The van der Waals surface area contributed by atoms with E-state index in [9.17, 15) is 19.2 Å².